The van der Waals surface area contributed by atoms with E-state index >= 15 is 0 Å². The van der Waals surface area contributed by atoms with Crippen LogP contribution in [0.4, 0.5) is 0 Å². The van der Waals surface area contributed by atoms with Crippen LogP contribution < -0.4 is 5.32 Å². The summed E-state index contributed by atoms with van der Waals surface area (Å²) in [4.78, 5) is 0. The van der Waals surface area contributed by atoms with E-state index in [2.05, 4.69) is 46.5 Å². The number of aliphatic hydroxyl groups excluding tert-OH is 1. The third kappa shape index (κ3) is 2.36. The van der Waals surface area contributed by atoms with Crippen LogP contribution >= 0.6 is 0 Å². The molecule has 0 aromatic heterocycles. The summed E-state index contributed by atoms with van der Waals surface area (Å²) < 4.78 is 0. The van der Waals surface area contributed by atoms with Crippen molar-refractivity contribution in [3.63, 3.8) is 0 Å². The van der Waals surface area contributed by atoms with Crippen molar-refractivity contribution < 1.29 is 5.11 Å². The number of rotatable bonds is 4. The summed E-state index contributed by atoms with van der Waals surface area (Å²) in [6, 6.07) is 0. The molecule has 1 atom stereocenters. The largest absolute Gasteiger partial charge is 0.377 e. The van der Waals surface area contributed by atoms with Gasteiger partial charge in [-0.1, -0.05) is 41.2 Å². The lowest BCUT2D eigenvalue weighted by Gasteiger charge is -2.31. The molecule has 0 spiro atoms. The van der Waals surface area contributed by atoms with Crippen LogP contribution in [0, 0.1) is 16.2 Å². The molecular weight excluding hydrogens is 186 g/mol. The summed E-state index contributed by atoms with van der Waals surface area (Å²) in [5.41, 5.74) is 1.80. The summed E-state index contributed by atoms with van der Waals surface area (Å²) in [6.07, 6.45) is 2.29. The Labute approximate surface area is 93.8 Å². The maximum absolute atomic E-state index is 8.92. The highest BCUT2D eigenvalue weighted by molar-refractivity contribution is 5.26. The van der Waals surface area contributed by atoms with E-state index in [1.165, 1.54) is 6.42 Å². The smallest absolute Gasteiger partial charge is 0.113 e. The lowest BCUT2D eigenvalue weighted by atomic mass is 9.77. The molecule has 1 rings (SSSR count). The molecule has 1 saturated carbocycles. The number of nitrogens with one attached hydrogen (secondary N) is 1. The van der Waals surface area contributed by atoms with Gasteiger partial charge in [0.15, 0.2) is 0 Å². The molecule has 0 heterocycles. The molecule has 1 fully saturated rings. The molecule has 15 heavy (non-hydrogen) atoms. The summed E-state index contributed by atoms with van der Waals surface area (Å²) in [5.74, 6) is 0. The zero-order chi connectivity index (χ0) is 11.9. The molecule has 1 unspecified atom stereocenters. The average molecular weight is 211 g/mol. The van der Waals surface area contributed by atoms with Gasteiger partial charge in [-0.15, -0.1) is 0 Å². The van der Waals surface area contributed by atoms with Gasteiger partial charge >= 0.3 is 0 Å². The van der Waals surface area contributed by atoms with Gasteiger partial charge in [0.1, 0.15) is 6.73 Å². The van der Waals surface area contributed by atoms with Crippen LogP contribution in [0.3, 0.4) is 0 Å². The van der Waals surface area contributed by atoms with Gasteiger partial charge in [-0.25, -0.2) is 0 Å². The molecule has 0 aliphatic heterocycles. The summed E-state index contributed by atoms with van der Waals surface area (Å²) >= 11 is 0. The van der Waals surface area contributed by atoms with E-state index in [1.807, 2.05) is 0 Å². The summed E-state index contributed by atoms with van der Waals surface area (Å²) in [5, 5.41) is 11.9. The molecular formula is C13H25NO. The van der Waals surface area contributed by atoms with E-state index in [0.717, 1.165) is 12.1 Å². The molecule has 1 aliphatic rings. The van der Waals surface area contributed by atoms with Crippen molar-refractivity contribution >= 4 is 0 Å². The molecule has 0 aromatic rings. The lowest BCUT2D eigenvalue weighted by Crippen LogP contribution is -2.28. The first-order valence-electron chi connectivity index (χ1n) is 5.69. The van der Waals surface area contributed by atoms with E-state index in [-0.39, 0.29) is 12.1 Å². The van der Waals surface area contributed by atoms with Crippen LogP contribution in [0.25, 0.3) is 0 Å². The highest BCUT2D eigenvalue weighted by atomic mass is 16.3. The predicted molar refractivity (Wildman–Crippen MR) is 64.3 cm³/mol. The van der Waals surface area contributed by atoms with Crippen LogP contribution in [-0.2, 0) is 0 Å². The number of allylic oxidation sites excluding steroid dienone is 1. The van der Waals surface area contributed by atoms with Gasteiger partial charge in [0, 0.05) is 11.1 Å². The number of hydrogen-bond acceptors (Lipinski definition) is 2. The van der Waals surface area contributed by atoms with Crippen molar-refractivity contribution in [1.29, 1.82) is 0 Å². The molecule has 0 aromatic carbocycles. The Bertz CT molecular complexity index is 262. The SMILES string of the molecule is C=C(NCO)C1(CC(C)(C)C)CC1(C)C. The lowest BCUT2D eigenvalue weighted by molar-refractivity contribution is 0.228. The minimum Gasteiger partial charge on any atom is -0.377 e. The van der Waals surface area contributed by atoms with Crippen molar-refractivity contribution in [2.24, 2.45) is 16.2 Å². The van der Waals surface area contributed by atoms with Gasteiger partial charge in [0.05, 0.1) is 0 Å². The van der Waals surface area contributed by atoms with Crippen molar-refractivity contribution in [2.75, 3.05) is 6.73 Å². The fourth-order valence-corrected chi connectivity index (χ4v) is 2.80. The second-order valence-electron chi connectivity index (χ2n) is 6.69. The highest BCUT2D eigenvalue weighted by Gasteiger charge is 2.63. The van der Waals surface area contributed by atoms with Crippen molar-refractivity contribution in [3.8, 4) is 0 Å². The molecule has 1 aliphatic carbocycles. The minimum absolute atomic E-state index is 0.0131. The molecule has 2 nitrogen and oxygen atoms in total. The summed E-state index contributed by atoms with van der Waals surface area (Å²) in [7, 11) is 0. The van der Waals surface area contributed by atoms with Gasteiger partial charge in [-0.2, -0.15) is 0 Å². The Balaban J connectivity index is 2.80. The molecule has 2 N–H and O–H groups in total. The van der Waals surface area contributed by atoms with E-state index in [0.29, 0.717) is 10.8 Å². The number of aliphatic hydroxyl groups is 1. The Morgan fingerprint density at radius 1 is 1.40 bits per heavy atom. The van der Waals surface area contributed by atoms with E-state index in [1.54, 1.807) is 0 Å². The fourth-order valence-electron chi connectivity index (χ4n) is 2.80. The molecule has 0 amide bonds. The predicted octanol–water partition coefficient (Wildman–Crippen LogP) is 2.89. The molecule has 2 heteroatoms. The Morgan fingerprint density at radius 2 is 1.87 bits per heavy atom. The zero-order valence-corrected chi connectivity index (χ0v) is 10.8. The average Bonchev–Trinajstić information content (AvgIpc) is 2.51. The molecule has 0 radical (unpaired) electrons. The first kappa shape index (κ1) is 12.6. The van der Waals surface area contributed by atoms with Gasteiger partial charge in [-0.05, 0) is 23.7 Å². The number of hydrogen-bond donors (Lipinski definition) is 2. The van der Waals surface area contributed by atoms with E-state index < -0.39 is 0 Å². The third-order valence-corrected chi connectivity index (χ3v) is 3.62. The first-order chi connectivity index (χ1) is 6.65. The van der Waals surface area contributed by atoms with Crippen LogP contribution in [0.5, 0.6) is 0 Å². The van der Waals surface area contributed by atoms with Crippen molar-refractivity contribution in [2.45, 2.75) is 47.5 Å². The summed E-state index contributed by atoms with van der Waals surface area (Å²) in [6.45, 7) is 15.4. The van der Waals surface area contributed by atoms with Crippen LogP contribution in [0.1, 0.15) is 47.5 Å². The van der Waals surface area contributed by atoms with Gasteiger partial charge in [-0.3, -0.25) is 0 Å². The van der Waals surface area contributed by atoms with Crippen molar-refractivity contribution in [3.05, 3.63) is 12.3 Å². The maximum Gasteiger partial charge on any atom is 0.113 e. The normalized spacial score (nSPS) is 28.7. The zero-order valence-electron chi connectivity index (χ0n) is 10.8. The first-order valence-corrected chi connectivity index (χ1v) is 5.69. The van der Waals surface area contributed by atoms with Gasteiger partial charge in [0.2, 0.25) is 0 Å². The van der Waals surface area contributed by atoms with Gasteiger partial charge in [0.25, 0.3) is 0 Å². The Morgan fingerprint density at radius 3 is 2.13 bits per heavy atom. The topological polar surface area (TPSA) is 32.3 Å². The molecule has 0 saturated heterocycles. The molecule has 0 bridgehead atoms. The molecule has 88 valence electrons. The fraction of sp³-hybridized carbons (Fsp3) is 0.846. The highest BCUT2D eigenvalue weighted by Crippen LogP contribution is 2.70. The quantitative estimate of drug-likeness (QED) is 0.701. The van der Waals surface area contributed by atoms with Gasteiger partial charge < -0.3 is 10.4 Å². The third-order valence-electron chi connectivity index (χ3n) is 3.62. The van der Waals surface area contributed by atoms with Crippen molar-refractivity contribution in [1.82, 2.24) is 5.32 Å². The minimum atomic E-state index is -0.0131. The Kier molecular flexibility index (Phi) is 2.94. The second kappa shape index (κ2) is 3.51. The van der Waals surface area contributed by atoms with Crippen LogP contribution in [0.2, 0.25) is 0 Å². The van der Waals surface area contributed by atoms with E-state index in [4.69, 9.17) is 5.11 Å². The Hall–Kier alpha value is -0.500. The monoisotopic (exact) mass is 211 g/mol. The van der Waals surface area contributed by atoms with Crippen LogP contribution in [0.15, 0.2) is 12.3 Å². The van der Waals surface area contributed by atoms with E-state index in [9.17, 15) is 0 Å². The maximum atomic E-state index is 8.92. The van der Waals surface area contributed by atoms with Crippen LogP contribution in [-0.4, -0.2) is 11.8 Å². The second-order valence-corrected chi connectivity index (χ2v) is 6.69. The standard InChI is InChI=1S/C13H25NO/c1-10(14-9-15)13(7-11(2,3)4)8-12(13,5)6/h14-15H,1,7-9H2,2-6H3.